The van der Waals surface area contributed by atoms with Crippen LogP contribution in [0.3, 0.4) is 0 Å². The maximum atomic E-state index is 13.5. The normalized spacial score (nSPS) is 11.4. The summed E-state index contributed by atoms with van der Waals surface area (Å²) in [5.41, 5.74) is -0.455. The Hall–Kier alpha value is -2.50. The van der Waals surface area contributed by atoms with Crippen molar-refractivity contribution < 1.29 is 14.3 Å². The number of hydrogen-bond acceptors (Lipinski definition) is 3. The molecule has 0 spiro atoms. The standard InChI is InChI=1S/C15H15FN2O3/c1-15(2,3)14-17-11(7-12(19)18-14)8-4-9(13(20)21)6-10(16)5-8/h4-7H,1-3H3,(H,20,21)(H,17,18,19). The van der Waals surface area contributed by atoms with Crippen LogP contribution in [0.5, 0.6) is 0 Å². The Morgan fingerprint density at radius 2 is 1.90 bits per heavy atom. The number of halogens is 1. The van der Waals surface area contributed by atoms with Gasteiger partial charge in [-0.05, 0) is 18.2 Å². The van der Waals surface area contributed by atoms with E-state index in [9.17, 15) is 14.0 Å². The van der Waals surface area contributed by atoms with Gasteiger partial charge in [-0.2, -0.15) is 0 Å². The van der Waals surface area contributed by atoms with Gasteiger partial charge in [0.15, 0.2) is 0 Å². The molecule has 21 heavy (non-hydrogen) atoms. The van der Waals surface area contributed by atoms with Crippen LogP contribution in [0.4, 0.5) is 4.39 Å². The van der Waals surface area contributed by atoms with Crippen molar-refractivity contribution in [1.82, 2.24) is 9.97 Å². The topological polar surface area (TPSA) is 83.0 Å². The van der Waals surface area contributed by atoms with E-state index >= 15 is 0 Å². The SMILES string of the molecule is CC(C)(C)c1nc(-c2cc(F)cc(C(=O)O)c2)cc(=O)[nH]1. The molecule has 5 nitrogen and oxygen atoms in total. The quantitative estimate of drug-likeness (QED) is 0.890. The van der Waals surface area contributed by atoms with Crippen LogP contribution in [-0.4, -0.2) is 21.0 Å². The number of nitrogens with one attached hydrogen (secondary N) is 1. The Labute approximate surface area is 120 Å². The molecule has 1 aromatic heterocycles. The zero-order chi connectivity index (χ0) is 15.8. The van der Waals surface area contributed by atoms with Gasteiger partial charge in [0.05, 0.1) is 11.3 Å². The van der Waals surface area contributed by atoms with Crippen molar-refractivity contribution in [2.45, 2.75) is 26.2 Å². The third-order valence-corrected chi connectivity index (χ3v) is 2.89. The van der Waals surface area contributed by atoms with E-state index in [-0.39, 0.29) is 22.4 Å². The molecule has 0 radical (unpaired) electrons. The van der Waals surface area contributed by atoms with E-state index in [0.29, 0.717) is 5.82 Å². The first-order chi connectivity index (χ1) is 9.66. The molecule has 0 aliphatic carbocycles. The van der Waals surface area contributed by atoms with Gasteiger partial charge in [-0.3, -0.25) is 4.79 Å². The van der Waals surface area contributed by atoms with Gasteiger partial charge in [0.25, 0.3) is 5.56 Å². The molecule has 2 N–H and O–H groups in total. The minimum atomic E-state index is -1.24. The number of carboxylic acids is 1. The van der Waals surface area contributed by atoms with E-state index in [1.807, 2.05) is 20.8 Å². The molecule has 1 aromatic carbocycles. The Morgan fingerprint density at radius 1 is 1.24 bits per heavy atom. The third kappa shape index (κ3) is 3.34. The number of hydrogen-bond donors (Lipinski definition) is 2. The zero-order valence-corrected chi connectivity index (χ0v) is 11.9. The first-order valence-corrected chi connectivity index (χ1v) is 6.33. The fourth-order valence-corrected chi connectivity index (χ4v) is 1.82. The maximum Gasteiger partial charge on any atom is 0.335 e. The van der Waals surface area contributed by atoms with Gasteiger partial charge in [-0.1, -0.05) is 20.8 Å². The molecule has 0 amide bonds. The number of aromatic carboxylic acids is 1. The average molecular weight is 290 g/mol. The molecule has 0 saturated carbocycles. The van der Waals surface area contributed by atoms with Crippen LogP contribution < -0.4 is 5.56 Å². The van der Waals surface area contributed by atoms with Crippen molar-refractivity contribution in [2.24, 2.45) is 0 Å². The van der Waals surface area contributed by atoms with Crippen molar-refractivity contribution in [3.05, 3.63) is 51.8 Å². The molecule has 1 heterocycles. The van der Waals surface area contributed by atoms with Gasteiger partial charge in [0.2, 0.25) is 0 Å². The fraction of sp³-hybridized carbons (Fsp3) is 0.267. The summed E-state index contributed by atoms with van der Waals surface area (Å²) in [7, 11) is 0. The predicted octanol–water partition coefficient (Wildman–Crippen LogP) is 2.57. The number of rotatable bonds is 2. The summed E-state index contributed by atoms with van der Waals surface area (Å²) >= 11 is 0. The Kier molecular flexibility index (Phi) is 3.63. The second kappa shape index (κ2) is 5.12. The molecular weight excluding hydrogens is 275 g/mol. The second-order valence-corrected chi connectivity index (χ2v) is 5.76. The lowest BCUT2D eigenvalue weighted by molar-refractivity contribution is 0.0696. The lowest BCUT2D eigenvalue weighted by atomic mass is 9.95. The lowest BCUT2D eigenvalue weighted by Gasteiger charge is -2.17. The number of aromatic nitrogens is 2. The molecule has 0 fully saturated rings. The summed E-state index contributed by atoms with van der Waals surface area (Å²) in [5, 5.41) is 8.96. The summed E-state index contributed by atoms with van der Waals surface area (Å²) in [6.45, 7) is 5.63. The molecular formula is C15H15FN2O3. The highest BCUT2D eigenvalue weighted by Crippen LogP contribution is 2.23. The predicted molar refractivity (Wildman–Crippen MR) is 75.9 cm³/mol. The summed E-state index contributed by atoms with van der Waals surface area (Å²) in [6, 6.07) is 4.58. The van der Waals surface area contributed by atoms with Crippen molar-refractivity contribution in [3.63, 3.8) is 0 Å². The van der Waals surface area contributed by atoms with Crippen molar-refractivity contribution in [3.8, 4) is 11.3 Å². The van der Waals surface area contributed by atoms with Crippen LogP contribution in [-0.2, 0) is 5.41 Å². The Bertz CT molecular complexity index is 760. The molecule has 0 bridgehead atoms. The largest absolute Gasteiger partial charge is 0.478 e. The third-order valence-electron chi connectivity index (χ3n) is 2.89. The van der Waals surface area contributed by atoms with E-state index in [1.165, 1.54) is 12.1 Å². The Balaban J connectivity index is 2.65. The Morgan fingerprint density at radius 3 is 2.48 bits per heavy atom. The number of benzene rings is 1. The average Bonchev–Trinajstić information content (AvgIpc) is 2.36. The molecule has 0 saturated heterocycles. The first kappa shape index (κ1) is 14.9. The highest BCUT2D eigenvalue weighted by Gasteiger charge is 2.18. The highest BCUT2D eigenvalue weighted by molar-refractivity contribution is 5.89. The van der Waals surface area contributed by atoms with Gasteiger partial charge in [-0.15, -0.1) is 0 Å². The summed E-state index contributed by atoms with van der Waals surface area (Å²) < 4.78 is 13.5. The van der Waals surface area contributed by atoms with Crippen molar-refractivity contribution in [2.75, 3.05) is 0 Å². The first-order valence-electron chi connectivity index (χ1n) is 6.33. The maximum absolute atomic E-state index is 13.5. The highest BCUT2D eigenvalue weighted by atomic mass is 19.1. The molecule has 0 aliphatic rings. The van der Waals surface area contributed by atoms with E-state index in [1.54, 1.807) is 0 Å². The van der Waals surface area contributed by atoms with Crippen LogP contribution in [0.15, 0.2) is 29.1 Å². The van der Waals surface area contributed by atoms with Gasteiger partial charge in [-0.25, -0.2) is 14.2 Å². The fourth-order valence-electron chi connectivity index (χ4n) is 1.82. The number of carbonyl (C=O) groups is 1. The number of nitrogens with zero attached hydrogens (tertiary/aromatic N) is 1. The molecule has 110 valence electrons. The van der Waals surface area contributed by atoms with Crippen molar-refractivity contribution in [1.29, 1.82) is 0 Å². The molecule has 0 unspecified atom stereocenters. The second-order valence-electron chi connectivity index (χ2n) is 5.76. The molecule has 2 aromatic rings. The van der Waals surface area contributed by atoms with E-state index in [2.05, 4.69) is 9.97 Å². The smallest absolute Gasteiger partial charge is 0.335 e. The summed E-state index contributed by atoms with van der Waals surface area (Å²) in [5.74, 6) is -1.48. The van der Waals surface area contributed by atoms with Crippen LogP contribution in [0.25, 0.3) is 11.3 Å². The van der Waals surface area contributed by atoms with E-state index in [4.69, 9.17) is 5.11 Å². The lowest BCUT2D eigenvalue weighted by Crippen LogP contribution is -2.22. The van der Waals surface area contributed by atoms with Gasteiger partial charge >= 0.3 is 5.97 Å². The van der Waals surface area contributed by atoms with Crippen molar-refractivity contribution >= 4 is 5.97 Å². The molecule has 6 heteroatoms. The van der Waals surface area contributed by atoms with Crippen LogP contribution in [0.1, 0.15) is 37.0 Å². The molecule has 0 aliphatic heterocycles. The minimum Gasteiger partial charge on any atom is -0.478 e. The monoisotopic (exact) mass is 290 g/mol. The molecule has 2 rings (SSSR count). The summed E-state index contributed by atoms with van der Waals surface area (Å²) in [6.07, 6.45) is 0. The number of aromatic amines is 1. The minimum absolute atomic E-state index is 0.190. The van der Waals surface area contributed by atoms with Gasteiger partial charge in [0, 0.05) is 17.0 Å². The van der Waals surface area contributed by atoms with Crippen LogP contribution in [0, 0.1) is 5.82 Å². The van der Waals surface area contributed by atoms with Crippen LogP contribution >= 0.6 is 0 Å². The number of carboxylic acid groups (broad SMARTS) is 1. The van der Waals surface area contributed by atoms with E-state index < -0.39 is 17.2 Å². The van der Waals surface area contributed by atoms with Gasteiger partial charge in [0.1, 0.15) is 11.6 Å². The van der Waals surface area contributed by atoms with Crippen LogP contribution in [0.2, 0.25) is 0 Å². The van der Waals surface area contributed by atoms with E-state index in [0.717, 1.165) is 12.1 Å². The number of H-pyrrole nitrogens is 1. The zero-order valence-electron chi connectivity index (χ0n) is 11.9. The van der Waals surface area contributed by atoms with Gasteiger partial charge < -0.3 is 10.1 Å². The summed E-state index contributed by atoms with van der Waals surface area (Å²) in [4.78, 5) is 29.6. The molecule has 0 atom stereocenters.